The van der Waals surface area contributed by atoms with Crippen molar-refractivity contribution in [2.45, 2.75) is 32.2 Å². The summed E-state index contributed by atoms with van der Waals surface area (Å²) in [6.45, 7) is 2.40. The van der Waals surface area contributed by atoms with Crippen molar-refractivity contribution < 1.29 is 14.7 Å². The molecule has 3 aromatic rings. The maximum Gasteiger partial charge on any atom is 0.407 e. The number of pyridine rings is 1. The maximum absolute atomic E-state index is 12.1. The molecule has 32 heavy (non-hydrogen) atoms. The third kappa shape index (κ3) is 4.36. The van der Waals surface area contributed by atoms with Gasteiger partial charge in [0.25, 0.3) is 0 Å². The molecule has 9 heteroatoms. The Morgan fingerprint density at radius 2 is 1.88 bits per heavy atom. The number of hydrogen-bond donors (Lipinski definition) is 2. The number of piperidine rings is 1. The van der Waals surface area contributed by atoms with Crippen LogP contribution >= 0.6 is 0 Å². The molecule has 1 aromatic carbocycles. The lowest BCUT2D eigenvalue weighted by Crippen LogP contribution is -2.37. The fourth-order valence-electron chi connectivity index (χ4n) is 3.95. The molecule has 4 rings (SSSR count). The molecule has 1 atom stereocenters. The predicted molar refractivity (Wildman–Crippen MR) is 119 cm³/mol. The van der Waals surface area contributed by atoms with Crippen molar-refractivity contribution in [1.82, 2.24) is 19.9 Å². The average Bonchev–Trinajstić information content (AvgIpc) is 2.80. The number of hydrogen-bond acceptors (Lipinski definition) is 5. The number of likely N-dealkylation sites (tertiary alicyclic amines) is 1. The number of urea groups is 1. The Morgan fingerprint density at radius 3 is 2.53 bits per heavy atom. The van der Waals surface area contributed by atoms with Crippen LogP contribution in [-0.2, 0) is 0 Å². The van der Waals surface area contributed by atoms with E-state index >= 15 is 0 Å². The van der Waals surface area contributed by atoms with Crippen molar-refractivity contribution in [3.63, 3.8) is 0 Å². The van der Waals surface area contributed by atoms with Crippen LogP contribution in [-0.4, -0.2) is 43.6 Å². The lowest BCUT2D eigenvalue weighted by molar-refractivity contribution is 0.106. The van der Waals surface area contributed by atoms with Crippen molar-refractivity contribution in [3.8, 4) is 11.3 Å². The smallest absolute Gasteiger partial charge is 0.407 e. The second-order valence-corrected chi connectivity index (χ2v) is 7.70. The van der Waals surface area contributed by atoms with E-state index < -0.39 is 12.1 Å². The van der Waals surface area contributed by atoms with Gasteiger partial charge in [-0.3, -0.25) is 9.97 Å². The van der Waals surface area contributed by atoms with Gasteiger partial charge >= 0.3 is 12.1 Å². The number of anilines is 2. The Hall–Kier alpha value is -4.01. The number of carbonyl (C=O) groups is 2. The van der Waals surface area contributed by atoms with Gasteiger partial charge in [-0.05, 0) is 43.9 Å². The van der Waals surface area contributed by atoms with E-state index in [1.807, 2.05) is 31.2 Å². The Kier molecular flexibility index (Phi) is 5.98. The van der Waals surface area contributed by atoms with E-state index in [4.69, 9.17) is 5.73 Å². The molecule has 164 valence electrons. The zero-order chi connectivity index (χ0) is 22.7. The first-order valence-corrected chi connectivity index (χ1v) is 10.4. The van der Waals surface area contributed by atoms with Crippen LogP contribution in [0.25, 0.3) is 11.3 Å². The van der Waals surface area contributed by atoms with E-state index in [2.05, 4.69) is 15.0 Å². The third-order valence-corrected chi connectivity index (χ3v) is 5.56. The monoisotopic (exact) mass is 432 g/mol. The minimum Gasteiger partial charge on any atom is -0.465 e. The van der Waals surface area contributed by atoms with Crippen LogP contribution in [0.5, 0.6) is 0 Å². The number of carbonyl (C=O) groups excluding carboxylic acids is 1. The Bertz CT molecular complexity index is 1120. The summed E-state index contributed by atoms with van der Waals surface area (Å²) in [5.74, 6) is 0.286. The standard InChI is InChI=1S/C23H24N6O3/c1-15-5-10-18(12-26-15)29(22(24)30)21-14-25-13-19(27-21)16-6-8-17(9-7-16)20-4-2-3-11-28(20)23(31)32/h5-10,12-14,20H,2-4,11H2,1H3,(H2,24,30)(H,31,32). The Balaban J connectivity index is 1.62. The van der Waals surface area contributed by atoms with E-state index in [1.165, 1.54) is 16.0 Å². The van der Waals surface area contributed by atoms with Crippen LogP contribution in [0.15, 0.2) is 55.0 Å². The summed E-state index contributed by atoms with van der Waals surface area (Å²) in [5, 5.41) is 9.50. The van der Waals surface area contributed by atoms with E-state index in [1.54, 1.807) is 24.5 Å². The van der Waals surface area contributed by atoms with Crippen molar-refractivity contribution in [1.29, 1.82) is 0 Å². The molecule has 1 saturated heterocycles. The molecule has 0 aliphatic carbocycles. The van der Waals surface area contributed by atoms with Crippen molar-refractivity contribution in [2.24, 2.45) is 5.73 Å². The topological polar surface area (TPSA) is 126 Å². The molecule has 3 N–H and O–H groups in total. The fraction of sp³-hybridized carbons (Fsp3) is 0.261. The number of nitrogens with two attached hydrogens (primary N) is 1. The number of aryl methyl sites for hydroxylation is 1. The molecule has 0 saturated carbocycles. The molecule has 1 unspecified atom stereocenters. The maximum atomic E-state index is 12.1. The summed E-state index contributed by atoms with van der Waals surface area (Å²) in [5.41, 5.74) is 9.24. The quantitative estimate of drug-likeness (QED) is 0.634. The molecule has 3 heterocycles. The van der Waals surface area contributed by atoms with Crippen molar-refractivity contribution in [3.05, 3.63) is 66.2 Å². The summed E-state index contributed by atoms with van der Waals surface area (Å²) in [7, 11) is 0. The molecule has 3 amide bonds. The second kappa shape index (κ2) is 9.01. The Morgan fingerprint density at radius 1 is 1.09 bits per heavy atom. The molecule has 0 spiro atoms. The highest BCUT2D eigenvalue weighted by Crippen LogP contribution is 2.32. The molecule has 1 fully saturated rings. The first kappa shape index (κ1) is 21.2. The molecule has 9 nitrogen and oxygen atoms in total. The van der Waals surface area contributed by atoms with E-state index in [9.17, 15) is 14.7 Å². The number of carboxylic acid groups (broad SMARTS) is 1. The summed E-state index contributed by atoms with van der Waals surface area (Å²) in [6.07, 6.45) is 6.43. The SMILES string of the molecule is Cc1ccc(N(C(N)=O)c2cncc(-c3ccc(C4CCCCN4C(=O)O)cc3)n2)cn1. The van der Waals surface area contributed by atoms with Gasteiger partial charge in [0.1, 0.15) is 0 Å². The first-order chi connectivity index (χ1) is 15.4. The van der Waals surface area contributed by atoms with Crippen LogP contribution in [0, 0.1) is 6.92 Å². The number of aromatic nitrogens is 3. The van der Waals surface area contributed by atoms with E-state index in [-0.39, 0.29) is 11.9 Å². The van der Waals surface area contributed by atoms with Gasteiger partial charge in [0, 0.05) is 17.8 Å². The van der Waals surface area contributed by atoms with Crippen molar-refractivity contribution in [2.75, 3.05) is 11.4 Å². The largest absolute Gasteiger partial charge is 0.465 e. The molecule has 2 aromatic heterocycles. The Labute approximate surface area is 185 Å². The molecule has 1 aliphatic rings. The van der Waals surface area contributed by atoms with Gasteiger partial charge in [0.05, 0.1) is 36.0 Å². The van der Waals surface area contributed by atoms with Gasteiger partial charge in [-0.25, -0.2) is 19.5 Å². The van der Waals surface area contributed by atoms with Crippen LogP contribution in [0.4, 0.5) is 21.1 Å². The summed E-state index contributed by atoms with van der Waals surface area (Å²) in [6, 6.07) is 10.3. The minimum absolute atomic E-state index is 0.146. The highest BCUT2D eigenvalue weighted by atomic mass is 16.4. The molecule has 1 aliphatic heterocycles. The van der Waals surface area contributed by atoms with Gasteiger partial charge in [-0.2, -0.15) is 0 Å². The second-order valence-electron chi connectivity index (χ2n) is 7.70. The lowest BCUT2D eigenvalue weighted by atomic mass is 9.94. The van der Waals surface area contributed by atoms with Crippen LogP contribution in [0.3, 0.4) is 0 Å². The highest BCUT2D eigenvalue weighted by molar-refractivity contribution is 5.97. The number of rotatable bonds is 4. The molecular formula is C23H24N6O3. The summed E-state index contributed by atoms with van der Waals surface area (Å²) in [4.78, 5) is 39.5. The molecule has 0 bridgehead atoms. The minimum atomic E-state index is -0.894. The highest BCUT2D eigenvalue weighted by Gasteiger charge is 2.27. The number of benzene rings is 1. The number of amides is 3. The number of nitrogens with zero attached hydrogens (tertiary/aromatic N) is 5. The van der Waals surface area contributed by atoms with Crippen molar-refractivity contribution >= 4 is 23.6 Å². The van der Waals surface area contributed by atoms with E-state index in [0.29, 0.717) is 17.9 Å². The normalized spacial score (nSPS) is 15.9. The van der Waals surface area contributed by atoms with Gasteiger partial charge < -0.3 is 15.7 Å². The lowest BCUT2D eigenvalue weighted by Gasteiger charge is -2.33. The van der Waals surface area contributed by atoms with Gasteiger partial charge in [0.15, 0.2) is 5.82 Å². The summed E-state index contributed by atoms with van der Waals surface area (Å²) >= 11 is 0. The van der Waals surface area contributed by atoms with Crippen LogP contribution in [0.2, 0.25) is 0 Å². The average molecular weight is 432 g/mol. The van der Waals surface area contributed by atoms with Gasteiger partial charge in [0.2, 0.25) is 0 Å². The number of primary amides is 1. The summed E-state index contributed by atoms with van der Waals surface area (Å²) < 4.78 is 0. The zero-order valence-electron chi connectivity index (χ0n) is 17.7. The zero-order valence-corrected chi connectivity index (χ0v) is 17.7. The van der Waals surface area contributed by atoms with Gasteiger partial charge in [-0.1, -0.05) is 24.3 Å². The van der Waals surface area contributed by atoms with Gasteiger partial charge in [-0.15, -0.1) is 0 Å². The van der Waals surface area contributed by atoms with Crippen LogP contribution in [0.1, 0.15) is 36.6 Å². The predicted octanol–water partition coefficient (Wildman–Crippen LogP) is 4.27. The van der Waals surface area contributed by atoms with Crippen LogP contribution < -0.4 is 10.6 Å². The first-order valence-electron chi connectivity index (χ1n) is 10.4. The molecular weight excluding hydrogens is 408 g/mol. The third-order valence-electron chi connectivity index (χ3n) is 5.56. The fourth-order valence-corrected chi connectivity index (χ4v) is 3.95. The molecule has 0 radical (unpaired) electrons. The van der Waals surface area contributed by atoms with E-state index in [0.717, 1.165) is 36.1 Å².